The third kappa shape index (κ3) is 11.4. The van der Waals surface area contributed by atoms with Gasteiger partial charge in [-0.1, -0.05) is 48.5 Å². The lowest BCUT2D eigenvalue weighted by Gasteiger charge is -2.27. The number of aliphatic hydroxyl groups excluding tert-OH is 1. The van der Waals surface area contributed by atoms with Gasteiger partial charge >= 0.3 is 5.97 Å². The number of aromatic nitrogens is 2. The number of nitrogens with zero attached hydrogens (tertiary/aromatic N) is 1. The minimum Gasteiger partial charge on any atom is -0.508 e. The summed E-state index contributed by atoms with van der Waals surface area (Å²) in [4.78, 5) is 100. The van der Waals surface area contributed by atoms with Gasteiger partial charge in [0, 0.05) is 53.6 Å². The highest BCUT2D eigenvalue weighted by molar-refractivity contribution is 5.97. The number of aliphatic carboxylic acids is 1. The Morgan fingerprint density at radius 1 is 0.746 bits per heavy atom. The maximum atomic E-state index is 14.2. The van der Waals surface area contributed by atoms with E-state index in [2.05, 4.69) is 36.6 Å². The predicted octanol–water partition coefficient (Wildman–Crippen LogP) is -0.147. The molecule has 0 aliphatic carbocycles. The number of carbonyl (C=O) groups excluding carboxylic acids is 6. The molecule has 1 saturated heterocycles. The molecule has 19 heteroatoms. The number of carboxylic acids is 1. The predicted molar refractivity (Wildman–Crippen MR) is 230 cm³/mol. The molecule has 3 heterocycles. The zero-order valence-corrected chi connectivity index (χ0v) is 34.4. The fourth-order valence-corrected chi connectivity index (χ4v) is 7.61. The zero-order chi connectivity index (χ0) is 45.2. The van der Waals surface area contributed by atoms with Gasteiger partial charge in [0.1, 0.15) is 36.0 Å². The van der Waals surface area contributed by atoms with Crippen molar-refractivity contribution in [3.05, 3.63) is 102 Å². The van der Waals surface area contributed by atoms with E-state index in [0.717, 1.165) is 27.4 Å². The largest absolute Gasteiger partial charge is 0.508 e. The average molecular weight is 866 g/mol. The molecule has 0 unspecified atom stereocenters. The van der Waals surface area contributed by atoms with Crippen molar-refractivity contribution in [1.82, 2.24) is 41.5 Å². The van der Waals surface area contributed by atoms with Crippen molar-refractivity contribution in [1.29, 1.82) is 0 Å². The number of nitrogens with one attached hydrogen (secondary N) is 7. The van der Waals surface area contributed by atoms with E-state index >= 15 is 0 Å². The Hall–Kier alpha value is -7.25. The van der Waals surface area contributed by atoms with Crippen LogP contribution in [-0.2, 0) is 52.8 Å². The minimum atomic E-state index is -1.62. The Balaban J connectivity index is 1.14. The molecular weight excluding hydrogens is 815 g/mol. The van der Waals surface area contributed by atoms with E-state index in [9.17, 15) is 48.9 Å². The molecule has 63 heavy (non-hydrogen) atoms. The summed E-state index contributed by atoms with van der Waals surface area (Å²) in [5.41, 5.74) is 10.1. The van der Waals surface area contributed by atoms with Gasteiger partial charge < -0.3 is 62.5 Å². The Bertz CT molecular complexity index is 2470. The first kappa shape index (κ1) is 45.3. The van der Waals surface area contributed by atoms with Crippen LogP contribution < -0.4 is 32.3 Å². The van der Waals surface area contributed by atoms with Gasteiger partial charge in [0.2, 0.25) is 35.4 Å². The van der Waals surface area contributed by atoms with E-state index in [-0.39, 0.29) is 25.0 Å². The number of aliphatic hydroxyl groups is 1. The molecule has 3 aromatic carbocycles. The number of aromatic hydroxyl groups is 1. The summed E-state index contributed by atoms with van der Waals surface area (Å²) in [6, 6.07) is 13.4. The monoisotopic (exact) mass is 865 g/mol. The second-order valence-corrected chi connectivity index (χ2v) is 15.5. The Morgan fingerprint density at radius 3 is 1.94 bits per heavy atom. The first-order valence-electron chi connectivity index (χ1n) is 20.5. The van der Waals surface area contributed by atoms with Crippen molar-refractivity contribution >= 4 is 63.2 Å². The lowest BCUT2D eigenvalue weighted by Crippen LogP contribution is -2.58. The summed E-state index contributed by atoms with van der Waals surface area (Å²) in [7, 11) is 0. The molecule has 0 spiro atoms. The summed E-state index contributed by atoms with van der Waals surface area (Å²) >= 11 is 0. The molecule has 0 saturated carbocycles. The summed E-state index contributed by atoms with van der Waals surface area (Å²) in [6.07, 6.45) is 4.47. The molecular formula is C44H51N9O10. The normalized spacial score (nSPS) is 16.0. The maximum Gasteiger partial charge on any atom is 0.328 e. The van der Waals surface area contributed by atoms with Gasteiger partial charge in [0.05, 0.1) is 19.2 Å². The van der Waals surface area contributed by atoms with Crippen LogP contribution in [0.3, 0.4) is 0 Å². The number of rotatable bonds is 19. The number of phenolic OH excluding ortho intramolecular Hbond substituents is 1. The number of H-pyrrole nitrogens is 2. The Kier molecular flexibility index (Phi) is 14.8. The van der Waals surface area contributed by atoms with Crippen molar-refractivity contribution in [3.8, 4) is 5.75 Å². The molecule has 1 fully saturated rings. The molecule has 1 aliphatic rings. The SMILES string of the molecule is C[C@H](NC(=O)[C@H](Cc1ccc(O)cc1)NC(=O)[C@H](Cc1c[nH]c2ccccc12)NC(=O)CNC(=O)[C@@H]1CCCN1C(=O)[C@@H](N)Cc1c[nH]c2ccccc12)C(=O)N[C@@H](CO)C(=O)O. The number of nitrogens with two attached hydrogens (primary N) is 1. The van der Waals surface area contributed by atoms with Gasteiger partial charge in [0.15, 0.2) is 0 Å². The number of hydrogen-bond acceptors (Lipinski definition) is 10. The molecule has 1 aliphatic heterocycles. The first-order chi connectivity index (χ1) is 30.2. The van der Waals surface area contributed by atoms with Gasteiger partial charge in [-0.2, -0.15) is 0 Å². The molecule has 2 aromatic heterocycles. The van der Waals surface area contributed by atoms with Crippen molar-refractivity contribution in [2.75, 3.05) is 19.7 Å². The standard InChI is InChI=1S/C44H51N9O10/c1-24(39(57)52-36(23-54)44(62)63)49-40(58)34(17-25-12-14-28(55)15-13-25)51-41(59)35(19-27-21-47-33-10-5-3-8-30(27)33)50-38(56)22-48-42(60)37-11-6-16-53(37)43(61)31(45)18-26-20-46-32-9-4-2-7-29(26)32/h2-5,7-10,12-15,20-21,24,31,34-37,46-47,54-55H,6,11,16-19,22-23,45H2,1H3,(H,48,60)(H,49,58)(H,50,56)(H,51,59)(H,52,57)(H,62,63)/t24-,31-,34-,35-,36-,37-/m0/s1. The summed E-state index contributed by atoms with van der Waals surface area (Å²) < 4.78 is 0. The molecule has 332 valence electrons. The van der Waals surface area contributed by atoms with Crippen LogP contribution >= 0.6 is 0 Å². The quantitative estimate of drug-likeness (QED) is 0.0519. The number of benzene rings is 3. The van der Waals surface area contributed by atoms with E-state index < -0.39 is 90.8 Å². The number of likely N-dealkylation sites (tertiary alicyclic amines) is 1. The van der Waals surface area contributed by atoms with Crippen molar-refractivity contribution < 1.29 is 48.9 Å². The maximum absolute atomic E-state index is 14.2. The number of hydrogen-bond donors (Lipinski definition) is 11. The molecule has 6 atom stereocenters. The highest BCUT2D eigenvalue weighted by Crippen LogP contribution is 2.23. The van der Waals surface area contributed by atoms with E-state index in [1.54, 1.807) is 6.20 Å². The third-order valence-electron chi connectivity index (χ3n) is 11.0. The van der Waals surface area contributed by atoms with Crippen molar-refractivity contribution in [2.24, 2.45) is 5.73 Å². The van der Waals surface area contributed by atoms with E-state index in [1.807, 2.05) is 54.7 Å². The molecule has 12 N–H and O–H groups in total. The Morgan fingerprint density at radius 2 is 1.32 bits per heavy atom. The number of fused-ring (bicyclic) bond motifs is 2. The highest BCUT2D eigenvalue weighted by atomic mass is 16.4. The molecule has 0 radical (unpaired) electrons. The molecule has 5 aromatic rings. The number of para-hydroxylation sites is 2. The number of carboxylic acid groups (broad SMARTS) is 1. The van der Waals surface area contributed by atoms with Crippen LogP contribution in [0.15, 0.2) is 85.2 Å². The third-order valence-corrected chi connectivity index (χ3v) is 11.0. The molecule has 6 amide bonds. The van der Waals surface area contributed by atoms with Crippen LogP contribution in [0.25, 0.3) is 21.8 Å². The second kappa shape index (κ2) is 20.5. The lowest BCUT2D eigenvalue weighted by molar-refractivity contribution is -0.143. The number of aromatic amines is 2. The average Bonchev–Trinajstić information content (AvgIpc) is 4.04. The van der Waals surface area contributed by atoms with Gasteiger partial charge in [-0.05, 0) is 67.1 Å². The van der Waals surface area contributed by atoms with Crippen LogP contribution in [0.1, 0.15) is 36.5 Å². The topological polar surface area (TPSA) is 301 Å². The molecule has 0 bridgehead atoms. The van der Waals surface area contributed by atoms with Crippen molar-refractivity contribution in [2.45, 2.75) is 75.3 Å². The van der Waals surface area contributed by atoms with E-state index in [0.29, 0.717) is 30.5 Å². The summed E-state index contributed by atoms with van der Waals surface area (Å²) in [5, 5.41) is 42.7. The van der Waals surface area contributed by atoms with Crippen LogP contribution in [-0.4, -0.2) is 128 Å². The van der Waals surface area contributed by atoms with Crippen LogP contribution in [0.2, 0.25) is 0 Å². The van der Waals surface area contributed by atoms with Gasteiger partial charge in [0.25, 0.3) is 0 Å². The van der Waals surface area contributed by atoms with Crippen LogP contribution in [0.4, 0.5) is 0 Å². The minimum absolute atomic E-state index is 0.0446. The number of amides is 6. The van der Waals surface area contributed by atoms with Crippen molar-refractivity contribution in [3.63, 3.8) is 0 Å². The van der Waals surface area contributed by atoms with E-state index in [1.165, 1.54) is 36.1 Å². The van der Waals surface area contributed by atoms with E-state index in [4.69, 9.17) is 5.73 Å². The van der Waals surface area contributed by atoms with Gasteiger partial charge in [-0.3, -0.25) is 28.8 Å². The highest BCUT2D eigenvalue weighted by Gasteiger charge is 2.37. The molecule has 19 nitrogen and oxygen atoms in total. The van der Waals surface area contributed by atoms with Gasteiger partial charge in [-0.15, -0.1) is 0 Å². The number of carbonyl (C=O) groups is 7. The van der Waals surface area contributed by atoms with Crippen LogP contribution in [0, 0.1) is 0 Å². The van der Waals surface area contributed by atoms with Gasteiger partial charge in [-0.25, -0.2) is 4.79 Å². The lowest BCUT2D eigenvalue weighted by atomic mass is 10.0. The second-order valence-electron chi connectivity index (χ2n) is 15.5. The summed E-state index contributed by atoms with van der Waals surface area (Å²) in [6.45, 7) is 0.156. The summed E-state index contributed by atoms with van der Waals surface area (Å²) in [5.74, 6) is -5.77. The smallest absolute Gasteiger partial charge is 0.328 e. The Labute approximate surface area is 361 Å². The first-order valence-corrected chi connectivity index (χ1v) is 20.5. The zero-order valence-electron chi connectivity index (χ0n) is 34.4. The molecule has 6 rings (SSSR count). The number of phenols is 1. The fraction of sp³-hybridized carbons (Fsp3) is 0.341. The fourth-order valence-electron chi connectivity index (χ4n) is 7.61. The van der Waals surface area contributed by atoms with Crippen LogP contribution in [0.5, 0.6) is 5.75 Å².